The first-order valence-electron chi connectivity index (χ1n) is 7.05. The van der Waals surface area contributed by atoms with Gasteiger partial charge in [-0.05, 0) is 43.4 Å². The van der Waals surface area contributed by atoms with Gasteiger partial charge in [0.25, 0.3) is 0 Å². The van der Waals surface area contributed by atoms with E-state index >= 15 is 0 Å². The Balaban J connectivity index is 2.30. The topological polar surface area (TPSA) is 38.3 Å². The first-order chi connectivity index (χ1) is 9.63. The van der Waals surface area contributed by atoms with E-state index in [0.717, 1.165) is 18.4 Å². The number of rotatable bonds is 3. The molecule has 1 aliphatic rings. The summed E-state index contributed by atoms with van der Waals surface area (Å²) in [5.41, 5.74) is 1.66. The molecule has 1 amide bonds. The van der Waals surface area contributed by atoms with Gasteiger partial charge in [-0.3, -0.25) is 5.32 Å². The van der Waals surface area contributed by atoms with Crippen molar-refractivity contribution >= 4 is 35.0 Å². The molecule has 1 fully saturated rings. The van der Waals surface area contributed by atoms with Crippen LogP contribution in [0, 0.1) is 0 Å². The molecule has 1 saturated carbocycles. The number of anilines is 1. The van der Waals surface area contributed by atoms with E-state index in [1.165, 1.54) is 19.3 Å². The summed E-state index contributed by atoms with van der Waals surface area (Å²) in [5, 5.41) is 3.85. The van der Waals surface area contributed by atoms with Gasteiger partial charge in [0, 0.05) is 5.69 Å². The van der Waals surface area contributed by atoms with E-state index in [-0.39, 0.29) is 0 Å². The SMILES string of the molecule is CCOC(=O)Nc1ccc(Cl)c(Cl)c1C1CCCCC1. The zero-order valence-corrected chi connectivity index (χ0v) is 13.1. The normalized spacial score (nSPS) is 15.9. The second-order valence-electron chi connectivity index (χ2n) is 5.00. The number of halogens is 2. The number of amides is 1. The predicted octanol–water partition coefficient (Wildman–Crippen LogP) is 5.61. The van der Waals surface area contributed by atoms with Crippen LogP contribution in [0.25, 0.3) is 0 Å². The van der Waals surface area contributed by atoms with Crippen LogP contribution in [0.2, 0.25) is 10.0 Å². The molecule has 0 bridgehead atoms. The van der Waals surface area contributed by atoms with E-state index in [2.05, 4.69) is 5.32 Å². The van der Waals surface area contributed by atoms with Gasteiger partial charge in [-0.25, -0.2) is 4.79 Å². The molecule has 0 unspecified atom stereocenters. The molecule has 0 radical (unpaired) electrons. The van der Waals surface area contributed by atoms with E-state index in [1.54, 1.807) is 19.1 Å². The molecule has 0 heterocycles. The first-order valence-corrected chi connectivity index (χ1v) is 7.80. The molecule has 0 atom stereocenters. The molecule has 0 saturated heterocycles. The van der Waals surface area contributed by atoms with E-state index in [4.69, 9.17) is 27.9 Å². The van der Waals surface area contributed by atoms with Gasteiger partial charge in [0.15, 0.2) is 0 Å². The zero-order chi connectivity index (χ0) is 14.5. The smallest absolute Gasteiger partial charge is 0.411 e. The van der Waals surface area contributed by atoms with Crippen molar-refractivity contribution < 1.29 is 9.53 Å². The van der Waals surface area contributed by atoms with E-state index in [9.17, 15) is 4.79 Å². The Bertz CT molecular complexity index is 485. The molecule has 1 aliphatic carbocycles. The van der Waals surface area contributed by atoms with E-state index in [0.29, 0.717) is 28.3 Å². The van der Waals surface area contributed by atoms with Crippen LogP contribution >= 0.6 is 23.2 Å². The van der Waals surface area contributed by atoms with Gasteiger partial charge in [-0.2, -0.15) is 0 Å². The number of benzene rings is 1. The fraction of sp³-hybridized carbons (Fsp3) is 0.533. The van der Waals surface area contributed by atoms with Gasteiger partial charge in [-0.1, -0.05) is 42.5 Å². The van der Waals surface area contributed by atoms with Crippen molar-refractivity contribution in [1.29, 1.82) is 0 Å². The summed E-state index contributed by atoms with van der Waals surface area (Å²) >= 11 is 12.5. The minimum atomic E-state index is -0.456. The molecule has 5 heteroatoms. The van der Waals surface area contributed by atoms with Crippen LogP contribution in [0.4, 0.5) is 10.5 Å². The van der Waals surface area contributed by atoms with Crippen LogP contribution in [0.1, 0.15) is 50.5 Å². The summed E-state index contributed by atoms with van der Waals surface area (Å²) < 4.78 is 4.93. The molecule has 0 aromatic heterocycles. The molecule has 110 valence electrons. The van der Waals surface area contributed by atoms with Crippen molar-refractivity contribution in [3.63, 3.8) is 0 Å². The molecule has 1 N–H and O–H groups in total. The summed E-state index contributed by atoms with van der Waals surface area (Å²) in [7, 11) is 0. The molecule has 2 rings (SSSR count). The summed E-state index contributed by atoms with van der Waals surface area (Å²) in [6.45, 7) is 2.11. The fourth-order valence-electron chi connectivity index (χ4n) is 2.74. The van der Waals surface area contributed by atoms with Crippen LogP contribution in [-0.2, 0) is 4.74 Å². The van der Waals surface area contributed by atoms with Crippen LogP contribution in [0.3, 0.4) is 0 Å². The Kier molecular flexibility index (Phi) is 5.55. The minimum absolute atomic E-state index is 0.339. The Morgan fingerprint density at radius 2 is 2.00 bits per heavy atom. The third-order valence-corrected chi connectivity index (χ3v) is 4.48. The third kappa shape index (κ3) is 3.58. The van der Waals surface area contributed by atoms with Crippen LogP contribution < -0.4 is 5.32 Å². The summed E-state index contributed by atoms with van der Waals surface area (Å²) in [6, 6.07) is 3.51. The molecular formula is C15H19Cl2NO2. The van der Waals surface area contributed by atoms with Crippen molar-refractivity contribution in [2.24, 2.45) is 0 Å². The van der Waals surface area contributed by atoms with E-state index < -0.39 is 6.09 Å². The van der Waals surface area contributed by atoms with Crippen LogP contribution in [-0.4, -0.2) is 12.7 Å². The molecule has 0 spiro atoms. The van der Waals surface area contributed by atoms with Gasteiger partial charge < -0.3 is 4.74 Å². The number of hydrogen-bond acceptors (Lipinski definition) is 2. The number of carbonyl (C=O) groups is 1. The van der Waals surface area contributed by atoms with Crippen LogP contribution in [0.5, 0.6) is 0 Å². The molecule has 1 aromatic rings. The number of ether oxygens (including phenoxy) is 1. The average molecular weight is 316 g/mol. The molecule has 3 nitrogen and oxygen atoms in total. The van der Waals surface area contributed by atoms with Gasteiger partial charge in [0.1, 0.15) is 0 Å². The minimum Gasteiger partial charge on any atom is -0.450 e. The summed E-state index contributed by atoms with van der Waals surface area (Å²) in [6.07, 6.45) is 5.34. The van der Waals surface area contributed by atoms with Crippen molar-refractivity contribution in [3.8, 4) is 0 Å². The third-order valence-electron chi connectivity index (χ3n) is 3.66. The largest absolute Gasteiger partial charge is 0.450 e. The van der Waals surface area contributed by atoms with E-state index in [1.807, 2.05) is 0 Å². The van der Waals surface area contributed by atoms with Gasteiger partial charge in [-0.15, -0.1) is 0 Å². The van der Waals surface area contributed by atoms with Gasteiger partial charge in [0.2, 0.25) is 0 Å². The van der Waals surface area contributed by atoms with Crippen molar-refractivity contribution in [3.05, 3.63) is 27.7 Å². The highest BCUT2D eigenvalue weighted by Gasteiger charge is 2.23. The quantitative estimate of drug-likeness (QED) is 0.787. The molecular weight excluding hydrogens is 297 g/mol. The molecule has 0 aliphatic heterocycles. The number of hydrogen-bond donors (Lipinski definition) is 1. The van der Waals surface area contributed by atoms with Crippen LogP contribution in [0.15, 0.2) is 12.1 Å². The van der Waals surface area contributed by atoms with Gasteiger partial charge in [0.05, 0.1) is 16.7 Å². The van der Waals surface area contributed by atoms with Crippen molar-refractivity contribution in [1.82, 2.24) is 0 Å². The van der Waals surface area contributed by atoms with Crippen molar-refractivity contribution in [2.75, 3.05) is 11.9 Å². The Hall–Kier alpha value is -0.930. The maximum Gasteiger partial charge on any atom is 0.411 e. The summed E-state index contributed by atoms with van der Waals surface area (Å²) in [5.74, 6) is 0.354. The molecule has 20 heavy (non-hydrogen) atoms. The number of carbonyl (C=O) groups excluding carboxylic acids is 1. The maximum absolute atomic E-state index is 11.6. The lowest BCUT2D eigenvalue weighted by Gasteiger charge is -2.25. The molecule has 1 aromatic carbocycles. The maximum atomic E-state index is 11.6. The lowest BCUT2D eigenvalue weighted by Crippen LogP contribution is -2.16. The lowest BCUT2D eigenvalue weighted by molar-refractivity contribution is 0.168. The average Bonchev–Trinajstić information content (AvgIpc) is 2.44. The highest BCUT2D eigenvalue weighted by atomic mass is 35.5. The second kappa shape index (κ2) is 7.19. The monoisotopic (exact) mass is 315 g/mol. The highest BCUT2D eigenvalue weighted by Crippen LogP contribution is 2.43. The Morgan fingerprint density at radius 3 is 2.65 bits per heavy atom. The second-order valence-corrected chi connectivity index (χ2v) is 5.79. The summed E-state index contributed by atoms with van der Waals surface area (Å²) in [4.78, 5) is 11.6. The lowest BCUT2D eigenvalue weighted by atomic mass is 9.83. The standard InChI is InChI=1S/C15H19Cl2NO2/c1-2-20-15(19)18-12-9-8-11(16)14(17)13(12)10-6-4-3-5-7-10/h8-10H,2-7H2,1H3,(H,18,19). The predicted molar refractivity (Wildman–Crippen MR) is 82.9 cm³/mol. The Morgan fingerprint density at radius 1 is 1.30 bits per heavy atom. The zero-order valence-electron chi connectivity index (χ0n) is 11.5. The fourth-order valence-corrected chi connectivity index (χ4v) is 3.23. The highest BCUT2D eigenvalue weighted by molar-refractivity contribution is 6.42. The van der Waals surface area contributed by atoms with Gasteiger partial charge >= 0.3 is 6.09 Å². The number of nitrogens with one attached hydrogen (secondary N) is 1. The van der Waals surface area contributed by atoms with Crippen molar-refractivity contribution in [2.45, 2.75) is 44.9 Å². The Labute approximate surface area is 129 Å². The first kappa shape index (κ1) is 15.5.